The van der Waals surface area contributed by atoms with Gasteiger partial charge in [-0.3, -0.25) is 0 Å². The first-order chi connectivity index (χ1) is 6.14. The predicted molar refractivity (Wildman–Crippen MR) is 49.9 cm³/mol. The lowest BCUT2D eigenvalue weighted by Crippen LogP contribution is -2.30. The highest BCUT2D eigenvalue weighted by atomic mass is 32.2. The fraction of sp³-hybridized carbons (Fsp3) is 0.875. The molecule has 4 nitrogen and oxygen atoms in total. The molecule has 1 atom stereocenters. The predicted octanol–water partition coefficient (Wildman–Crippen LogP) is 0.0669. The van der Waals surface area contributed by atoms with Gasteiger partial charge in [-0.25, -0.2) is 8.42 Å². The summed E-state index contributed by atoms with van der Waals surface area (Å²) in [6, 6.07) is 2.17. The summed E-state index contributed by atoms with van der Waals surface area (Å²) in [6.07, 6.45) is 2.05. The van der Waals surface area contributed by atoms with Crippen molar-refractivity contribution < 1.29 is 8.42 Å². The molecule has 5 heteroatoms. The third-order valence-electron chi connectivity index (χ3n) is 2.13. The van der Waals surface area contributed by atoms with E-state index >= 15 is 0 Å². The number of sulfone groups is 1. The molecule has 74 valence electrons. The fourth-order valence-corrected chi connectivity index (χ4v) is 3.14. The van der Waals surface area contributed by atoms with Crippen LogP contribution in [-0.2, 0) is 9.84 Å². The van der Waals surface area contributed by atoms with Gasteiger partial charge in [0.1, 0.15) is 0 Å². The zero-order chi connectivity index (χ0) is 9.73. The third-order valence-corrected chi connectivity index (χ3v) is 3.90. The van der Waals surface area contributed by atoms with E-state index in [4.69, 9.17) is 5.26 Å². The Hall–Kier alpha value is -0.600. The summed E-state index contributed by atoms with van der Waals surface area (Å²) in [5.41, 5.74) is 0. The minimum atomic E-state index is -2.77. The SMILES string of the molecule is N#CCCCNC1CCS(=O)(=O)C1. The lowest BCUT2D eigenvalue weighted by molar-refractivity contribution is 0.545. The molecule has 0 amide bonds. The monoisotopic (exact) mass is 202 g/mol. The van der Waals surface area contributed by atoms with Crippen molar-refractivity contribution in [1.29, 1.82) is 5.26 Å². The van der Waals surface area contributed by atoms with Crippen LogP contribution in [0.1, 0.15) is 19.3 Å². The van der Waals surface area contributed by atoms with Crippen molar-refractivity contribution in [2.75, 3.05) is 18.1 Å². The molecule has 1 N–H and O–H groups in total. The number of unbranched alkanes of at least 4 members (excludes halogenated alkanes) is 1. The molecule has 1 aliphatic rings. The van der Waals surface area contributed by atoms with E-state index in [2.05, 4.69) is 11.4 Å². The van der Waals surface area contributed by atoms with Gasteiger partial charge >= 0.3 is 0 Å². The van der Waals surface area contributed by atoms with Crippen molar-refractivity contribution in [2.45, 2.75) is 25.3 Å². The van der Waals surface area contributed by atoms with Gasteiger partial charge in [0.05, 0.1) is 17.6 Å². The van der Waals surface area contributed by atoms with Crippen molar-refractivity contribution in [2.24, 2.45) is 0 Å². The highest BCUT2D eigenvalue weighted by Crippen LogP contribution is 2.10. The molecule has 0 spiro atoms. The molecule has 0 aliphatic carbocycles. The minimum Gasteiger partial charge on any atom is -0.313 e. The molecule has 0 aromatic rings. The number of hydrogen-bond donors (Lipinski definition) is 1. The molecule has 0 aromatic carbocycles. The Kier molecular flexibility index (Phi) is 3.70. The molecule has 0 radical (unpaired) electrons. The standard InChI is InChI=1S/C8H14N2O2S/c9-4-1-2-5-10-8-3-6-13(11,12)7-8/h8,10H,1-3,5-7H2. The summed E-state index contributed by atoms with van der Waals surface area (Å²) in [6.45, 7) is 0.744. The van der Waals surface area contributed by atoms with Crippen molar-refractivity contribution in [3.05, 3.63) is 0 Å². The van der Waals surface area contributed by atoms with Crippen LogP contribution in [0.15, 0.2) is 0 Å². The summed E-state index contributed by atoms with van der Waals surface area (Å²) < 4.78 is 22.1. The molecular weight excluding hydrogens is 188 g/mol. The Bertz CT molecular complexity index is 292. The maximum Gasteiger partial charge on any atom is 0.151 e. The van der Waals surface area contributed by atoms with Crippen LogP contribution in [0, 0.1) is 11.3 Å². The number of hydrogen-bond acceptors (Lipinski definition) is 4. The van der Waals surface area contributed by atoms with Crippen LogP contribution >= 0.6 is 0 Å². The zero-order valence-electron chi connectivity index (χ0n) is 7.49. The molecule has 1 saturated heterocycles. The number of rotatable bonds is 4. The van der Waals surface area contributed by atoms with Gasteiger partial charge in [0.2, 0.25) is 0 Å². The van der Waals surface area contributed by atoms with E-state index in [0.29, 0.717) is 12.2 Å². The molecule has 0 saturated carbocycles. The Morgan fingerprint density at radius 3 is 2.85 bits per heavy atom. The maximum atomic E-state index is 11.0. The van der Waals surface area contributed by atoms with Gasteiger partial charge in [-0.1, -0.05) is 0 Å². The average molecular weight is 202 g/mol. The van der Waals surface area contributed by atoms with Crippen LogP contribution in [-0.4, -0.2) is 32.5 Å². The zero-order valence-corrected chi connectivity index (χ0v) is 8.31. The Balaban J connectivity index is 2.15. The van der Waals surface area contributed by atoms with E-state index in [0.717, 1.165) is 19.4 Å². The van der Waals surface area contributed by atoms with E-state index in [1.807, 2.05) is 0 Å². The molecule has 1 aliphatic heterocycles. The van der Waals surface area contributed by atoms with Crippen LogP contribution in [0.3, 0.4) is 0 Å². The summed E-state index contributed by atoms with van der Waals surface area (Å²) in [5.74, 6) is 0.572. The van der Waals surface area contributed by atoms with E-state index in [1.165, 1.54) is 0 Å². The highest BCUT2D eigenvalue weighted by molar-refractivity contribution is 7.91. The van der Waals surface area contributed by atoms with E-state index in [9.17, 15) is 8.42 Å². The van der Waals surface area contributed by atoms with Crippen molar-refractivity contribution >= 4 is 9.84 Å². The van der Waals surface area contributed by atoms with Crippen molar-refractivity contribution in [3.8, 4) is 6.07 Å². The average Bonchev–Trinajstić information content (AvgIpc) is 2.40. The summed E-state index contributed by atoms with van der Waals surface area (Å²) in [5, 5.41) is 11.4. The quantitative estimate of drug-likeness (QED) is 0.655. The van der Waals surface area contributed by atoms with Gasteiger partial charge in [0, 0.05) is 12.5 Å². The highest BCUT2D eigenvalue weighted by Gasteiger charge is 2.26. The number of nitrogens with zero attached hydrogens (tertiary/aromatic N) is 1. The fourth-order valence-electron chi connectivity index (χ4n) is 1.43. The summed E-state index contributed by atoms with van der Waals surface area (Å²) in [7, 11) is -2.77. The van der Waals surface area contributed by atoms with Crippen LogP contribution in [0.5, 0.6) is 0 Å². The number of nitrogens with one attached hydrogen (secondary N) is 1. The first-order valence-electron chi connectivity index (χ1n) is 4.45. The van der Waals surface area contributed by atoms with Gasteiger partial charge in [0.15, 0.2) is 9.84 Å². The van der Waals surface area contributed by atoms with Gasteiger partial charge < -0.3 is 5.32 Å². The second-order valence-corrected chi connectivity index (χ2v) is 5.54. The van der Waals surface area contributed by atoms with Gasteiger partial charge in [-0.15, -0.1) is 0 Å². The molecule has 0 bridgehead atoms. The van der Waals surface area contributed by atoms with Crippen molar-refractivity contribution in [1.82, 2.24) is 5.32 Å². The van der Waals surface area contributed by atoms with E-state index in [1.54, 1.807) is 0 Å². The second kappa shape index (κ2) is 4.58. The van der Waals surface area contributed by atoms with E-state index < -0.39 is 9.84 Å². The molecule has 1 heterocycles. The molecule has 13 heavy (non-hydrogen) atoms. The van der Waals surface area contributed by atoms with Crippen LogP contribution in [0.25, 0.3) is 0 Å². The Morgan fingerprint density at radius 2 is 2.31 bits per heavy atom. The van der Waals surface area contributed by atoms with Crippen LogP contribution < -0.4 is 5.32 Å². The van der Waals surface area contributed by atoms with Gasteiger partial charge in [-0.2, -0.15) is 5.26 Å². The lowest BCUT2D eigenvalue weighted by Gasteiger charge is -2.08. The first-order valence-corrected chi connectivity index (χ1v) is 6.27. The normalized spacial score (nSPS) is 25.6. The third kappa shape index (κ3) is 3.75. The minimum absolute atomic E-state index is 0.115. The Labute approximate surface area is 78.9 Å². The molecule has 0 aromatic heterocycles. The van der Waals surface area contributed by atoms with Crippen molar-refractivity contribution in [3.63, 3.8) is 0 Å². The smallest absolute Gasteiger partial charge is 0.151 e. The summed E-state index contributed by atoms with van der Waals surface area (Å²) in [4.78, 5) is 0. The first kappa shape index (κ1) is 10.5. The molecule has 1 fully saturated rings. The maximum absolute atomic E-state index is 11.0. The van der Waals surface area contributed by atoms with Gasteiger partial charge in [-0.05, 0) is 19.4 Å². The van der Waals surface area contributed by atoms with E-state index in [-0.39, 0.29) is 11.8 Å². The topological polar surface area (TPSA) is 70.0 Å². The Morgan fingerprint density at radius 1 is 1.54 bits per heavy atom. The lowest BCUT2D eigenvalue weighted by atomic mass is 10.2. The molecular formula is C8H14N2O2S. The number of nitriles is 1. The molecule has 1 rings (SSSR count). The van der Waals surface area contributed by atoms with Crippen LogP contribution in [0.4, 0.5) is 0 Å². The largest absolute Gasteiger partial charge is 0.313 e. The molecule has 1 unspecified atom stereocenters. The second-order valence-electron chi connectivity index (χ2n) is 3.32. The van der Waals surface area contributed by atoms with Gasteiger partial charge in [0.25, 0.3) is 0 Å². The summed E-state index contributed by atoms with van der Waals surface area (Å²) >= 11 is 0. The van der Waals surface area contributed by atoms with Crippen LogP contribution in [0.2, 0.25) is 0 Å².